The molecule has 1 unspecified atom stereocenters. The van der Waals surface area contributed by atoms with Crippen molar-refractivity contribution in [3.63, 3.8) is 0 Å². The number of hydrogen-bond acceptors (Lipinski definition) is 3. The summed E-state index contributed by atoms with van der Waals surface area (Å²) in [4.78, 5) is 39.4. The minimum Gasteiger partial charge on any atom is -0.319 e. The van der Waals surface area contributed by atoms with Crippen LogP contribution in [0.15, 0.2) is 54.6 Å². The zero-order valence-electron chi connectivity index (χ0n) is 14.4. The third kappa shape index (κ3) is 2.60. The van der Waals surface area contributed by atoms with Crippen molar-refractivity contribution in [2.24, 2.45) is 0 Å². The van der Waals surface area contributed by atoms with Gasteiger partial charge in [-0.25, -0.2) is 4.79 Å². The summed E-state index contributed by atoms with van der Waals surface area (Å²) in [5.41, 5.74) is 1.41. The number of carbonyl (C=O) groups is 3. The van der Waals surface area contributed by atoms with Gasteiger partial charge >= 0.3 is 6.03 Å². The molecule has 4 rings (SSSR count). The molecule has 26 heavy (non-hydrogen) atoms. The van der Waals surface area contributed by atoms with Crippen LogP contribution >= 0.6 is 0 Å². The number of ketones is 1. The monoisotopic (exact) mass is 348 g/mol. The van der Waals surface area contributed by atoms with E-state index in [1.54, 1.807) is 24.3 Å². The van der Waals surface area contributed by atoms with Gasteiger partial charge in [0.1, 0.15) is 5.54 Å². The minimum atomic E-state index is -1.04. The first kappa shape index (κ1) is 16.5. The van der Waals surface area contributed by atoms with E-state index in [1.165, 1.54) is 0 Å². The summed E-state index contributed by atoms with van der Waals surface area (Å²) >= 11 is 0. The molecule has 2 aromatic rings. The smallest absolute Gasteiger partial charge is 0.319 e. The van der Waals surface area contributed by atoms with Crippen LogP contribution in [0.4, 0.5) is 4.79 Å². The molecule has 1 aliphatic heterocycles. The van der Waals surface area contributed by atoms with E-state index in [1.807, 2.05) is 30.3 Å². The maximum atomic E-state index is 13.3. The zero-order chi connectivity index (χ0) is 18.1. The molecule has 132 valence electrons. The van der Waals surface area contributed by atoms with Gasteiger partial charge in [0.2, 0.25) is 0 Å². The second-order valence-electron chi connectivity index (χ2n) is 6.88. The second kappa shape index (κ2) is 6.41. The fraction of sp³-hybridized carbons (Fsp3) is 0.286. The molecule has 0 bridgehead atoms. The van der Waals surface area contributed by atoms with Crippen LogP contribution in [-0.2, 0) is 16.8 Å². The molecule has 2 aliphatic rings. The minimum absolute atomic E-state index is 0.238. The van der Waals surface area contributed by atoms with Gasteiger partial charge in [0.15, 0.2) is 5.78 Å². The molecule has 0 aromatic heterocycles. The highest BCUT2D eigenvalue weighted by molar-refractivity contribution is 6.11. The van der Waals surface area contributed by atoms with E-state index in [-0.39, 0.29) is 18.2 Å². The Kier molecular flexibility index (Phi) is 4.07. The van der Waals surface area contributed by atoms with Gasteiger partial charge in [-0.3, -0.25) is 14.5 Å². The lowest BCUT2D eigenvalue weighted by Crippen LogP contribution is -2.44. The van der Waals surface area contributed by atoms with Crippen molar-refractivity contribution in [3.05, 3.63) is 71.3 Å². The molecule has 0 radical (unpaired) electrons. The number of imide groups is 1. The number of amides is 3. The van der Waals surface area contributed by atoms with Crippen molar-refractivity contribution in [3.8, 4) is 0 Å². The molecule has 3 amide bonds. The van der Waals surface area contributed by atoms with Crippen LogP contribution in [-0.4, -0.2) is 29.2 Å². The summed E-state index contributed by atoms with van der Waals surface area (Å²) in [5, 5.41) is 2.91. The average Bonchev–Trinajstić information content (AvgIpc) is 2.82. The molecule has 1 saturated heterocycles. The second-order valence-corrected chi connectivity index (χ2v) is 6.88. The quantitative estimate of drug-likeness (QED) is 0.685. The normalized spacial score (nSPS) is 22.1. The van der Waals surface area contributed by atoms with Crippen molar-refractivity contribution in [2.45, 2.75) is 31.2 Å². The van der Waals surface area contributed by atoms with E-state index >= 15 is 0 Å². The Morgan fingerprint density at radius 1 is 1.00 bits per heavy atom. The Bertz CT molecular complexity index is 878. The maximum Gasteiger partial charge on any atom is 0.325 e. The van der Waals surface area contributed by atoms with Gasteiger partial charge in [-0.1, -0.05) is 54.6 Å². The van der Waals surface area contributed by atoms with Crippen molar-refractivity contribution in [1.29, 1.82) is 0 Å². The molecule has 1 spiro atoms. The Morgan fingerprint density at radius 3 is 2.54 bits per heavy atom. The third-order valence-corrected chi connectivity index (χ3v) is 5.30. The number of fused-ring (bicyclic) bond motifs is 2. The fourth-order valence-corrected chi connectivity index (χ4v) is 3.98. The SMILES string of the molecule is O=C(CN1C(=O)NC2(CCCCc3ccccc32)C1=O)c1ccccc1. The Hall–Kier alpha value is -2.95. The van der Waals surface area contributed by atoms with Crippen LogP contribution in [0, 0.1) is 0 Å². The number of aryl methyl sites for hydroxylation is 1. The van der Waals surface area contributed by atoms with E-state index < -0.39 is 11.6 Å². The molecule has 2 aromatic carbocycles. The molecule has 1 aliphatic carbocycles. The average molecular weight is 348 g/mol. The Balaban J connectivity index is 1.66. The van der Waals surface area contributed by atoms with Crippen LogP contribution in [0.1, 0.15) is 40.7 Å². The van der Waals surface area contributed by atoms with E-state index in [0.29, 0.717) is 12.0 Å². The van der Waals surface area contributed by atoms with Crippen molar-refractivity contribution >= 4 is 17.7 Å². The number of hydrogen-bond donors (Lipinski definition) is 1. The van der Waals surface area contributed by atoms with Gasteiger partial charge < -0.3 is 5.32 Å². The van der Waals surface area contributed by atoms with Gasteiger partial charge in [-0.2, -0.15) is 0 Å². The lowest BCUT2D eigenvalue weighted by atomic mass is 9.84. The van der Waals surface area contributed by atoms with E-state index in [2.05, 4.69) is 5.32 Å². The first-order chi connectivity index (χ1) is 12.6. The van der Waals surface area contributed by atoms with Crippen LogP contribution in [0.5, 0.6) is 0 Å². The molecule has 1 atom stereocenters. The summed E-state index contributed by atoms with van der Waals surface area (Å²) in [6.45, 7) is -0.238. The van der Waals surface area contributed by atoms with Crippen LogP contribution in [0.2, 0.25) is 0 Å². The van der Waals surface area contributed by atoms with Crippen molar-refractivity contribution in [2.75, 3.05) is 6.54 Å². The number of rotatable bonds is 3. The maximum absolute atomic E-state index is 13.3. The van der Waals surface area contributed by atoms with E-state index in [0.717, 1.165) is 35.3 Å². The highest BCUT2D eigenvalue weighted by Gasteiger charge is 2.53. The molecule has 0 saturated carbocycles. The first-order valence-corrected chi connectivity index (χ1v) is 8.92. The molecule has 1 fully saturated rings. The first-order valence-electron chi connectivity index (χ1n) is 8.92. The summed E-state index contributed by atoms with van der Waals surface area (Å²) in [7, 11) is 0. The molecule has 5 nitrogen and oxygen atoms in total. The summed E-state index contributed by atoms with van der Waals surface area (Å²) in [6, 6.07) is 16.0. The standard InChI is InChI=1S/C21H20N2O3/c24-18(16-10-2-1-3-11-16)14-23-19(25)21(22-20(23)26)13-7-6-9-15-8-4-5-12-17(15)21/h1-5,8,10-12H,6-7,9,13-14H2,(H,22,26). The van der Waals surface area contributed by atoms with E-state index in [9.17, 15) is 14.4 Å². The zero-order valence-corrected chi connectivity index (χ0v) is 14.4. The Morgan fingerprint density at radius 2 is 1.73 bits per heavy atom. The number of urea groups is 1. The van der Waals surface area contributed by atoms with Crippen molar-refractivity contribution in [1.82, 2.24) is 10.2 Å². The van der Waals surface area contributed by atoms with E-state index in [4.69, 9.17) is 0 Å². The topological polar surface area (TPSA) is 66.5 Å². The molecule has 5 heteroatoms. The van der Waals surface area contributed by atoms with Crippen LogP contribution in [0.3, 0.4) is 0 Å². The molecular weight excluding hydrogens is 328 g/mol. The molecular formula is C21H20N2O3. The van der Waals surface area contributed by atoms with Crippen LogP contribution < -0.4 is 5.32 Å². The number of Topliss-reactive ketones (excluding diaryl/α,β-unsaturated/α-hetero) is 1. The van der Waals surface area contributed by atoms with Gasteiger partial charge in [-0.05, 0) is 36.8 Å². The largest absolute Gasteiger partial charge is 0.325 e. The number of nitrogens with zero attached hydrogens (tertiary/aromatic N) is 1. The third-order valence-electron chi connectivity index (χ3n) is 5.30. The summed E-state index contributed by atoms with van der Waals surface area (Å²) < 4.78 is 0. The lowest BCUT2D eigenvalue weighted by Gasteiger charge is -2.27. The van der Waals surface area contributed by atoms with Gasteiger partial charge in [0.25, 0.3) is 5.91 Å². The van der Waals surface area contributed by atoms with Crippen molar-refractivity contribution < 1.29 is 14.4 Å². The molecule has 1 N–H and O–H groups in total. The fourth-order valence-electron chi connectivity index (χ4n) is 3.98. The van der Waals surface area contributed by atoms with Crippen LogP contribution in [0.25, 0.3) is 0 Å². The van der Waals surface area contributed by atoms with Gasteiger partial charge in [0.05, 0.1) is 6.54 Å². The lowest BCUT2D eigenvalue weighted by molar-refractivity contribution is -0.131. The van der Waals surface area contributed by atoms with Gasteiger partial charge in [0, 0.05) is 5.56 Å². The highest BCUT2D eigenvalue weighted by atomic mass is 16.2. The Labute approximate surface area is 152 Å². The highest BCUT2D eigenvalue weighted by Crippen LogP contribution is 2.38. The number of benzene rings is 2. The molecule has 1 heterocycles. The predicted molar refractivity (Wildman–Crippen MR) is 96.7 cm³/mol. The number of carbonyl (C=O) groups excluding carboxylic acids is 3. The summed E-state index contributed by atoms with van der Waals surface area (Å²) in [6.07, 6.45) is 3.28. The predicted octanol–water partition coefficient (Wildman–Crippen LogP) is 3.04. The number of nitrogens with one attached hydrogen (secondary N) is 1. The van der Waals surface area contributed by atoms with Gasteiger partial charge in [-0.15, -0.1) is 0 Å². The summed E-state index contributed by atoms with van der Waals surface area (Å²) in [5.74, 6) is -0.561.